The van der Waals surface area contributed by atoms with Gasteiger partial charge in [-0.3, -0.25) is 0 Å². The standard InChI is InChI=1S/C12H15ClN2O/c1-7-10(6-14)9-4-8(13)5-11(16-3)12(9)15(7)2/h4-5H,6,14H2,1-3H3. The molecule has 0 bridgehead atoms. The summed E-state index contributed by atoms with van der Waals surface area (Å²) >= 11 is 6.06. The monoisotopic (exact) mass is 238 g/mol. The van der Waals surface area contributed by atoms with Crippen molar-refractivity contribution in [2.45, 2.75) is 13.5 Å². The predicted molar refractivity (Wildman–Crippen MR) is 67.1 cm³/mol. The van der Waals surface area contributed by atoms with Gasteiger partial charge in [-0.2, -0.15) is 0 Å². The number of benzene rings is 1. The third kappa shape index (κ3) is 1.47. The molecule has 0 saturated heterocycles. The summed E-state index contributed by atoms with van der Waals surface area (Å²) in [7, 11) is 3.66. The van der Waals surface area contributed by atoms with Crippen LogP contribution in [0.3, 0.4) is 0 Å². The summed E-state index contributed by atoms with van der Waals surface area (Å²) in [4.78, 5) is 0. The number of nitrogens with zero attached hydrogens (tertiary/aromatic N) is 1. The van der Waals surface area contributed by atoms with Crippen LogP contribution >= 0.6 is 11.6 Å². The van der Waals surface area contributed by atoms with Crippen molar-refractivity contribution < 1.29 is 4.74 Å². The first-order valence-corrected chi connectivity index (χ1v) is 5.49. The molecule has 0 atom stereocenters. The lowest BCUT2D eigenvalue weighted by Gasteiger charge is -2.06. The second-order valence-corrected chi connectivity index (χ2v) is 4.27. The van der Waals surface area contributed by atoms with Crippen LogP contribution in [0.15, 0.2) is 12.1 Å². The zero-order valence-corrected chi connectivity index (χ0v) is 10.4. The topological polar surface area (TPSA) is 40.2 Å². The van der Waals surface area contributed by atoms with Gasteiger partial charge in [-0.1, -0.05) is 11.6 Å². The van der Waals surface area contributed by atoms with E-state index in [9.17, 15) is 0 Å². The van der Waals surface area contributed by atoms with Crippen molar-refractivity contribution in [1.29, 1.82) is 0 Å². The van der Waals surface area contributed by atoms with Crippen molar-refractivity contribution in [3.05, 3.63) is 28.4 Å². The van der Waals surface area contributed by atoms with Crippen LogP contribution < -0.4 is 10.5 Å². The average Bonchev–Trinajstić information content (AvgIpc) is 2.50. The fourth-order valence-electron chi connectivity index (χ4n) is 2.13. The van der Waals surface area contributed by atoms with Gasteiger partial charge in [-0.05, 0) is 18.6 Å². The van der Waals surface area contributed by atoms with E-state index in [0.717, 1.165) is 27.9 Å². The van der Waals surface area contributed by atoms with E-state index in [-0.39, 0.29) is 0 Å². The van der Waals surface area contributed by atoms with Crippen LogP contribution in [0.1, 0.15) is 11.3 Å². The number of ether oxygens (including phenoxy) is 1. The molecule has 0 radical (unpaired) electrons. The van der Waals surface area contributed by atoms with Gasteiger partial charge < -0.3 is 15.0 Å². The second kappa shape index (κ2) is 4.00. The van der Waals surface area contributed by atoms with E-state index in [4.69, 9.17) is 22.1 Å². The SMILES string of the molecule is COc1cc(Cl)cc2c(CN)c(C)n(C)c12. The van der Waals surface area contributed by atoms with Crippen molar-refractivity contribution in [2.24, 2.45) is 12.8 Å². The molecule has 2 rings (SSSR count). The van der Waals surface area contributed by atoms with Crippen LogP contribution in [0.25, 0.3) is 10.9 Å². The first kappa shape index (κ1) is 11.3. The van der Waals surface area contributed by atoms with Gasteiger partial charge in [0.15, 0.2) is 0 Å². The Kier molecular flexibility index (Phi) is 2.82. The van der Waals surface area contributed by atoms with Crippen LogP contribution in [-0.2, 0) is 13.6 Å². The number of nitrogens with two attached hydrogens (primary N) is 1. The van der Waals surface area contributed by atoms with E-state index < -0.39 is 0 Å². The van der Waals surface area contributed by atoms with E-state index in [1.807, 2.05) is 19.2 Å². The highest BCUT2D eigenvalue weighted by molar-refractivity contribution is 6.31. The summed E-state index contributed by atoms with van der Waals surface area (Å²) in [5.74, 6) is 0.785. The lowest BCUT2D eigenvalue weighted by molar-refractivity contribution is 0.418. The predicted octanol–water partition coefficient (Wildman–Crippen LogP) is 2.61. The van der Waals surface area contributed by atoms with Gasteiger partial charge in [-0.25, -0.2) is 0 Å². The van der Waals surface area contributed by atoms with Crippen LogP contribution in [0.4, 0.5) is 0 Å². The summed E-state index contributed by atoms with van der Waals surface area (Å²) in [6.45, 7) is 2.56. The Hall–Kier alpha value is -1.19. The van der Waals surface area contributed by atoms with Gasteiger partial charge in [-0.15, -0.1) is 0 Å². The van der Waals surface area contributed by atoms with Gasteiger partial charge in [0.1, 0.15) is 5.75 Å². The zero-order valence-electron chi connectivity index (χ0n) is 9.67. The number of methoxy groups -OCH3 is 1. The van der Waals surface area contributed by atoms with Crippen LogP contribution in [-0.4, -0.2) is 11.7 Å². The minimum atomic E-state index is 0.507. The molecule has 2 N–H and O–H groups in total. The number of hydrogen-bond acceptors (Lipinski definition) is 2. The molecule has 2 aromatic rings. The molecule has 4 heteroatoms. The maximum absolute atomic E-state index is 6.06. The molecule has 0 fully saturated rings. The van der Waals surface area contributed by atoms with Crippen molar-refractivity contribution in [3.63, 3.8) is 0 Å². The fraction of sp³-hybridized carbons (Fsp3) is 0.333. The summed E-state index contributed by atoms with van der Waals surface area (Å²) < 4.78 is 7.45. The van der Waals surface area contributed by atoms with Gasteiger partial charge in [0, 0.05) is 35.8 Å². The molecule has 1 aromatic carbocycles. The summed E-state index contributed by atoms with van der Waals surface area (Å²) in [5, 5.41) is 1.75. The van der Waals surface area contributed by atoms with Crippen LogP contribution in [0.5, 0.6) is 5.75 Å². The molecule has 86 valence electrons. The smallest absolute Gasteiger partial charge is 0.144 e. The molecule has 0 aliphatic rings. The van der Waals surface area contributed by atoms with E-state index in [2.05, 4.69) is 11.5 Å². The van der Waals surface area contributed by atoms with Crippen molar-refractivity contribution >= 4 is 22.5 Å². The van der Waals surface area contributed by atoms with E-state index in [0.29, 0.717) is 11.6 Å². The van der Waals surface area contributed by atoms with Crippen LogP contribution in [0, 0.1) is 6.92 Å². The average molecular weight is 239 g/mol. The number of rotatable bonds is 2. The normalized spacial score (nSPS) is 11.1. The van der Waals surface area contributed by atoms with E-state index in [1.54, 1.807) is 7.11 Å². The summed E-state index contributed by atoms with van der Waals surface area (Å²) in [5.41, 5.74) is 9.10. The van der Waals surface area contributed by atoms with Crippen molar-refractivity contribution in [1.82, 2.24) is 4.57 Å². The number of aromatic nitrogens is 1. The highest BCUT2D eigenvalue weighted by Gasteiger charge is 2.15. The highest BCUT2D eigenvalue weighted by atomic mass is 35.5. The third-order valence-corrected chi connectivity index (χ3v) is 3.28. The molecule has 0 amide bonds. The fourth-order valence-corrected chi connectivity index (χ4v) is 2.34. The molecule has 1 aromatic heterocycles. The number of aryl methyl sites for hydroxylation is 1. The minimum Gasteiger partial charge on any atom is -0.494 e. The molecule has 0 saturated carbocycles. The lowest BCUT2D eigenvalue weighted by atomic mass is 10.1. The molecular formula is C12H15ClN2O. The Bertz CT molecular complexity index is 546. The zero-order chi connectivity index (χ0) is 11.9. The lowest BCUT2D eigenvalue weighted by Crippen LogP contribution is -1.99. The van der Waals surface area contributed by atoms with E-state index >= 15 is 0 Å². The molecule has 1 heterocycles. The maximum Gasteiger partial charge on any atom is 0.144 e. The summed E-state index contributed by atoms with van der Waals surface area (Å²) in [6, 6.07) is 3.76. The van der Waals surface area contributed by atoms with E-state index in [1.165, 1.54) is 0 Å². The number of halogens is 1. The number of fused-ring (bicyclic) bond motifs is 1. The molecule has 0 aliphatic heterocycles. The molecule has 0 spiro atoms. The minimum absolute atomic E-state index is 0.507. The quantitative estimate of drug-likeness (QED) is 0.874. The van der Waals surface area contributed by atoms with Gasteiger partial charge in [0.25, 0.3) is 0 Å². The van der Waals surface area contributed by atoms with Gasteiger partial charge in [0.05, 0.1) is 12.6 Å². The highest BCUT2D eigenvalue weighted by Crippen LogP contribution is 2.34. The van der Waals surface area contributed by atoms with Crippen molar-refractivity contribution in [2.75, 3.05) is 7.11 Å². The maximum atomic E-state index is 6.06. The second-order valence-electron chi connectivity index (χ2n) is 3.83. The third-order valence-electron chi connectivity index (χ3n) is 3.06. The number of hydrogen-bond donors (Lipinski definition) is 1. The van der Waals surface area contributed by atoms with Crippen LogP contribution in [0.2, 0.25) is 5.02 Å². The Balaban J connectivity index is 2.93. The van der Waals surface area contributed by atoms with Crippen molar-refractivity contribution in [3.8, 4) is 5.75 Å². The summed E-state index contributed by atoms with van der Waals surface area (Å²) in [6.07, 6.45) is 0. The van der Waals surface area contributed by atoms with Gasteiger partial charge >= 0.3 is 0 Å². The Morgan fingerprint density at radius 2 is 2.12 bits per heavy atom. The molecule has 0 aliphatic carbocycles. The first-order valence-electron chi connectivity index (χ1n) is 5.11. The Labute approximate surface area is 99.7 Å². The molecular weight excluding hydrogens is 224 g/mol. The molecule has 3 nitrogen and oxygen atoms in total. The molecule has 0 unspecified atom stereocenters. The molecule has 16 heavy (non-hydrogen) atoms. The largest absolute Gasteiger partial charge is 0.494 e. The first-order chi connectivity index (χ1) is 7.60. The Morgan fingerprint density at radius 3 is 2.69 bits per heavy atom. The Morgan fingerprint density at radius 1 is 1.44 bits per heavy atom. The van der Waals surface area contributed by atoms with Gasteiger partial charge in [0.2, 0.25) is 0 Å².